The number of carbonyl (C=O) groups excluding carboxylic acids is 1. The van der Waals surface area contributed by atoms with Gasteiger partial charge in [0, 0.05) is 16.7 Å². The van der Waals surface area contributed by atoms with Gasteiger partial charge in [-0.15, -0.1) is 0 Å². The van der Waals surface area contributed by atoms with E-state index >= 15 is 0 Å². The van der Waals surface area contributed by atoms with Crippen LogP contribution in [0.4, 0.5) is 0 Å². The molecular formula is C15H27NO2. The van der Waals surface area contributed by atoms with Gasteiger partial charge in [0.2, 0.25) is 0 Å². The van der Waals surface area contributed by atoms with Crippen molar-refractivity contribution in [1.82, 2.24) is 4.90 Å². The Labute approximate surface area is 111 Å². The van der Waals surface area contributed by atoms with Crippen molar-refractivity contribution in [3.05, 3.63) is 12.2 Å². The Morgan fingerprint density at radius 1 is 1.22 bits per heavy atom. The number of esters is 1. The summed E-state index contributed by atoms with van der Waals surface area (Å²) in [4.78, 5) is 14.0. The maximum atomic E-state index is 11.7. The van der Waals surface area contributed by atoms with E-state index in [4.69, 9.17) is 4.74 Å². The molecule has 3 heteroatoms. The summed E-state index contributed by atoms with van der Waals surface area (Å²) in [6, 6.07) is 0. The van der Waals surface area contributed by atoms with E-state index in [1.807, 2.05) is 6.92 Å². The van der Waals surface area contributed by atoms with Gasteiger partial charge in [0.25, 0.3) is 0 Å². The molecule has 0 aliphatic carbocycles. The fourth-order valence-electron chi connectivity index (χ4n) is 3.31. The lowest BCUT2D eigenvalue weighted by Gasteiger charge is -2.54. The first kappa shape index (κ1) is 15.2. The Kier molecular flexibility index (Phi) is 4.26. The van der Waals surface area contributed by atoms with Gasteiger partial charge in [-0.25, -0.2) is 4.79 Å². The van der Waals surface area contributed by atoms with Crippen LogP contribution in [-0.4, -0.2) is 28.2 Å². The number of piperidine rings is 1. The molecule has 1 fully saturated rings. The van der Waals surface area contributed by atoms with Crippen molar-refractivity contribution in [3.8, 4) is 0 Å². The predicted octanol–water partition coefficient (Wildman–Crippen LogP) is 3.49. The van der Waals surface area contributed by atoms with Gasteiger partial charge in [-0.2, -0.15) is 0 Å². The molecule has 1 rings (SSSR count). The van der Waals surface area contributed by atoms with E-state index in [-0.39, 0.29) is 23.3 Å². The lowest BCUT2D eigenvalue weighted by atomic mass is 9.79. The molecule has 1 unspecified atom stereocenters. The van der Waals surface area contributed by atoms with Crippen molar-refractivity contribution >= 4 is 5.97 Å². The number of rotatable bonds is 3. The Hall–Kier alpha value is -0.830. The summed E-state index contributed by atoms with van der Waals surface area (Å²) in [5.74, 6) is -0.306. The van der Waals surface area contributed by atoms with Gasteiger partial charge in [-0.3, -0.25) is 4.90 Å². The van der Waals surface area contributed by atoms with Crippen LogP contribution in [0.1, 0.15) is 60.8 Å². The summed E-state index contributed by atoms with van der Waals surface area (Å²) in [5.41, 5.74) is 0.557. The molecule has 1 aliphatic heterocycles. The third-order valence-corrected chi connectivity index (χ3v) is 3.87. The highest BCUT2D eigenvalue weighted by Crippen LogP contribution is 2.39. The van der Waals surface area contributed by atoms with E-state index in [2.05, 4.69) is 39.2 Å². The maximum absolute atomic E-state index is 11.7. The Bertz CT molecular complexity index is 328. The number of hydrogen-bond donors (Lipinski definition) is 0. The lowest BCUT2D eigenvalue weighted by molar-refractivity contribution is -0.176. The second-order valence-corrected chi connectivity index (χ2v) is 6.63. The summed E-state index contributed by atoms with van der Waals surface area (Å²) >= 11 is 0. The first-order chi connectivity index (χ1) is 8.08. The largest absolute Gasteiger partial charge is 0.443 e. The first-order valence-corrected chi connectivity index (χ1v) is 6.74. The zero-order chi connectivity index (χ0) is 14.1. The van der Waals surface area contributed by atoms with Crippen LogP contribution in [-0.2, 0) is 9.53 Å². The zero-order valence-corrected chi connectivity index (χ0v) is 12.7. The number of hydrogen-bond acceptors (Lipinski definition) is 3. The van der Waals surface area contributed by atoms with Crippen LogP contribution in [0.3, 0.4) is 0 Å². The van der Waals surface area contributed by atoms with Crippen LogP contribution in [0.25, 0.3) is 0 Å². The monoisotopic (exact) mass is 253 g/mol. The SMILES string of the molecule is C=C(C)C(=O)OC(C)N1C(C)(C)CCCC1(C)C. The van der Waals surface area contributed by atoms with E-state index in [1.54, 1.807) is 6.92 Å². The fraction of sp³-hybridized carbons (Fsp3) is 0.800. The molecule has 3 nitrogen and oxygen atoms in total. The zero-order valence-electron chi connectivity index (χ0n) is 12.7. The molecule has 0 N–H and O–H groups in total. The van der Waals surface area contributed by atoms with E-state index in [0.29, 0.717) is 5.57 Å². The van der Waals surface area contributed by atoms with Crippen molar-refractivity contribution in [2.24, 2.45) is 0 Å². The molecule has 1 atom stereocenters. The topological polar surface area (TPSA) is 29.5 Å². The summed E-state index contributed by atoms with van der Waals surface area (Å²) < 4.78 is 5.51. The molecule has 0 bridgehead atoms. The summed E-state index contributed by atoms with van der Waals surface area (Å²) in [7, 11) is 0. The Morgan fingerprint density at radius 3 is 2.06 bits per heavy atom. The summed E-state index contributed by atoms with van der Waals surface area (Å²) in [6.45, 7) is 16.2. The minimum atomic E-state index is -0.306. The minimum Gasteiger partial charge on any atom is -0.443 e. The first-order valence-electron chi connectivity index (χ1n) is 6.74. The molecular weight excluding hydrogens is 226 g/mol. The molecule has 0 amide bonds. The van der Waals surface area contributed by atoms with Gasteiger partial charge in [0.05, 0.1) is 0 Å². The quantitative estimate of drug-likeness (QED) is 0.569. The van der Waals surface area contributed by atoms with Crippen LogP contribution in [0, 0.1) is 0 Å². The molecule has 0 saturated carbocycles. The van der Waals surface area contributed by atoms with E-state index < -0.39 is 0 Å². The summed E-state index contributed by atoms with van der Waals surface area (Å²) in [5, 5.41) is 0. The molecule has 1 aliphatic rings. The van der Waals surface area contributed by atoms with Gasteiger partial charge in [-0.1, -0.05) is 6.58 Å². The standard InChI is InChI=1S/C15H27NO2/c1-11(2)13(17)18-12(3)16-14(4,5)9-8-10-15(16,6)7/h12H,1,8-10H2,2-7H3. The normalized spacial score (nSPS) is 24.3. The van der Waals surface area contributed by atoms with E-state index in [1.165, 1.54) is 6.42 Å². The third kappa shape index (κ3) is 3.14. The highest BCUT2D eigenvalue weighted by molar-refractivity contribution is 5.87. The van der Waals surface area contributed by atoms with Crippen molar-refractivity contribution in [3.63, 3.8) is 0 Å². The lowest BCUT2D eigenvalue weighted by Crippen LogP contribution is -2.62. The number of nitrogens with zero attached hydrogens (tertiary/aromatic N) is 1. The van der Waals surface area contributed by atoms with Crippen molar-refractivity contribution in [1.29, 1.82) is 0 Å². The highest BCUT2D eigenvalue weighted by Gasteiger charge is 2.44. The molecule has 0 aromatic carbocycles. The molecule has 1 heterocycles. The average molecular weight is 253 g/mol. The van der Waals surface area contributed by atoms with Crippen LogP contribution >= 0.6 is 0 Å². The smallest absolute Gasteiger partial charge is 0.334 e. The number of carbonyl (C=O) groups is 1. The molecule has 0 aromatic rings. The van der Waals surface area contributed by atoms with Gasteiger partial charge in [0.1, 0.15) is 0 Å². The van der Waals surface area contributed by atoms with Crippen molar-refractivity contribution < 1.29 is 9.53 Å². The molecule has 104 valence electrons. The van der Waals surface area contributed by atoms with E-state index in [9.17, 15) is 4.79 Å². The Morgan fingerprint density at radius 2 is 1.67 bits per heavy atom. The van der Waals surface area contributed by atoms with Crippen molar-refractivity contribution in [2.45, 2.75) is 78.1 Å². The van der Waals surface area contributed by atoms with Crippen LogP contribution in [0.5, 0.6) is 0 Å². The number of likely N-dealkylation sites (tertiary alicyclic amines) is 1. The van der Waals surface area contributed by atoms with Crippen LogP contribution in [0.2, 0.25) is 0 Å². The van der Waals surface area contributed by atoms with Gasteiger partial charge in [0.15, 0.2) is 6.23 Å². The fourth-order valence-corrected chi connectivity index (χ4v) is 3.31. The number of ether oxygens (including phenoxy) is 1. The van der Waals surface area contributed by atoms with Crippen molar-refractivity contribution in [2.75, 3.05) is 0 Å². The minimum absolute atomic E-state index is 0.0521. The third-order valence-electron chi connectivity index (χ3n) is 3.87. The molecule has 0 radical (unpaired) electrons. The van der Waals surface area contributed by atoms with Gasteiger partial charge in [-0.05, 0) is 60.8 Å². The van der Waals surface area contributed by atoms with Gasteiger partial charge < -0.3 is 4.74 Å². The van der Waals surface area contributed by atoms with E-state index in [0.717, 1.165) is 12.8 Å². The van der Waals surface area contributed by atoms with Gasteiger partial charge >= 0.3 is 5.97 Å². The van der Waals surface area contributed by atoms with Crippen LogP contribution < -0.4 is 0 Å². The van der Waals surface area contributed by atoms with Crippen LogP contribution in [0.15, 0.2) is 12.2 Å². The maximum Gasteiger partial charge on any atom is 0.334 e. The molecule has 0 spiro atoms. The second kappa shape index (κ2) is 5.04. The molecule has 0 aromatic heterocycles. The second-order valence-electron chi connectivity index (χ2n) is 6.63. The predicted molar refractivity (Wildman–Crippen MR) is 74.2 cm³/mol. The molecule has 1 saturated heterocycles. The highest BCUT2D eigenvalue weighted by atomic mass is 16.6. The summed E-state index contributed by atoms with van der Waals surface area (Å²) in [6.07, 6.45) is 3.26. The molecule has 18 heavy (non-hydrogen) atoms. The Balaban J connectivity index is 2.88. The average Bonchev–Trinajstić information content (AvgIpc) is 2.13.